The van der Waals surface area contributed by atoms with E-state index in [1.807, 2.05) is 48.5 Å². The summed E-state index contributed by atoms with van der Waals surface area (Å²) in [5.74, 6) is 0.546. The van der Waals surface area contributed by atoms with Crippen LogP contribution in [0.5, 0.6) is 5.75 Å². The van der Waals surface area contributed by atoms with Crippen molar-refractivity contribution in [2.45, 2.75) is 20.4 Å². The Morgan fingerprint density at radius 3 is 2.39 bits per heavy atom. The largest absolute Gasteiger partial charge is 0.497 e. The van der Waals surface area contributed by atoms with E-state index in [-0.39, 0.29) is 5.91 Å². The first-order valence-corrected chi connectivity index (χ1v) is 10.0. The molecule has 0 atom stereocenters. The zero-order valence-electron chi connectivity index (χ0n) is 17.8. The lowest BCUT2D eigenvalue weighted by atomic mass is 10.0. The number of methoxy groups -OCH3 is 1. The molecule has 31 heavy (non-hydrogen) atoms. The van der Waals surface area contributed by atoms with Gasteiger partial charge in [0.25, 0.3) is 5.91 Å². The van der Waals surface area contributed by atoms with Gasteiger partial charge in [0, 0.05) is 24.5 Å². The Balaban J connectivity index is 1.71. The number of benzene rings is 2. The van der Waals surface area contributed by atoms with E-state index in [1.54, 1.807) is 24.2 Å². The van der Waals surface area contributed by atoms with Gasteiger partial charge >= 0.3 is 0 Å². The van der Waals surface area contributed by atoms with E-state index in [0.29, 0.717) is 12.2 Å². The first kappa shape index (κ1) is 20.3. The molecule has 0 aliphatic rings. The van der Waals surface area contributed by atoms with Crippen LogP contribution in [0.1, 0.15) is 27.2 Å². The van der Waals surface area contributed by atoms with Crippen molar-refractivity contribution in [2.24, 2.45) is 0 Å². The average Bonchev–Trinajstić information content (AvgIpc) is 3.25. The fourth-order valence-corrected chi connectivity index (χ4v) is 3.28. The number of hydrogen-bond donors (Lipinski definition) is 1. The van der Waals surface area contributed by atoms with E-state index in [0.717, 1.165) is 28.3 Å². The van der Waals surface area contributed by atoms with Crippen molar-refractivity contribution >= 4 is 5.91 Å². The predicted octanol–water partition coefficient (Wildman–Crippen LogP) is 4.49. The Morgan fingerprint density at radius 2 is 1.71 bits per heavy atom. The van der Waals surface area contributed by atoms with E-state index in [9.17, 15) is 4.79 Å². The molecule has 1 N–H and O–H groups in total. The summed E-state index contributed by atoms with van der Waals surface area (Å²) in [7, 11) is 1.62. The van der Waals surface area contributed by atoms with Gasteiger partial charge in [-0.05, 0) is 79.1 Å². The molecule has 0 spiro atoms. The highest BCUT2D eigenvalue weighted by Gasteiger charge is 2.18. The van der Waals surface area contributed by atoms with Gasteiger partial charge in [0.1, 0.15) is 11.4 Å². The molecule has 0 saturated carbocycles. The summed E-state index contributed by atoms with van der Waals surface area (Å²) in [5, 5.41) is 7.74. The minimum atomic E-state index is -0.199. The zero-order valence-corrected chi connectivity index (χ0v) is 17.8. The van der Waals surface area contributed by atoms with Crippen molar-refractivity contribution in [3.05, 3.63) is 95.4 Å². The first-order chi connectivity index (χ1) is 15.0. The van der Waals surface area contributed by atoms with E-state index >= 15 is 0 Å². The summed E-state index contributed by atoms with van der Waals surface area (Å²) >= 11 is 0. The molecule has 6 heteroatoms. The third-order valence-electron chi connectivity index (χ3n) is 5.26. The van der Waals surface area contributed by atoms with Crippen LogP contribution in [0, 0.1) is 13.8 Å². The van der Waals surface area contributed by atoms with Crippen molar-refractivity contribution < 1.29 is 9.53 Å². The lowest BCUT2D eigenvalue weighted by Gasteiger charge is -2.09. The van der Waals surface area contributed by atoms with Gasteiger partial charge < -0.3 is 10.1 Å². The number of hydrogen-bond acceptors (Lipinski definition) is 4. The topological polar surface area (TPSA) is 69.0 Å². The number of nitrogens with one attached hydrogen (secondary N) is 1. The maximum Gasteiger partial charge on any atom is 0.270 e. The van der Waals surface area contributed by atoms with Gasteiger partial charge in [0.2, 0.25) is 0 Å². The Kier molecular flexibility index (Phi) is 5.80. The quantitative estimate of drug-likeness (QED) is 0.507. The van der Waals surface area contributed by atoms with Gasteiger partial charge in [-0.15, -0.1) is 0 Å². The van der Waals surface area contributed by atoms with Crippen LogP contribution in [-0.4, -0.2) is 27.8 Å². The molecule has 0 saturated heterocycles. The van der Waals surface area contributed by atoms with E-state index in [2.05, 4.69) is 36.3 Å². The molecule has 2 aromatic carbocycles. The van der Waals surface area contributed by atoms with E-state index in [4.69, 9.17) is 9.84 Å². The number of pyridine rings is 1. The Labute approximate surface area is 181 Å². The molecule has 0 bridgehead atoms. The van der Waals surface area contributed by atoms with Gasteiger partial charge in [-0.3, -0.25) is 9.78 Å². The molecule has 1 amide bonds. The Bertz CT molecular complexity index is 1200. The number of carbonyl (C=O) groups excluding carboxylic acids is 1. The number of aryl methyl sites for hydroxylation is 2. The average molecular weight is 412 g/mol. The molecule has 6 nitrogen and oxygen atoms in total. The van der Waals surface area contributed by atoms with Crippen molar-refractivity contribution in [3.8, 4) is 22.7 Å². The summed E-state index contributed by atoms with van der Waals surface area (Å²) in [4.78, 5) is 17.1. The van der Waals surface area contributed by atoms with E-state index < -0.39 is 0 Å². The zero-order chi connectivity index (χ0) is 21.8. The standard InChI is InChI=1S/C25H24N4O2/c1-17-4-5-20(14-18(17)2)23-15-24(25(30)27-16-19-10-12-26-13-11-19)29(28-23)21-6-8-22(31-3)9-7-21/h4-15H,16H2,1-3H3,(H,27,30). The van der Waals surface area contributed by atoms with Crippen molar-refractivity contribution in [2.75, 3.05) is 7.11 Å². The van der Waals surface area contributed by atoms with Crippen molar-refractivity contribution in [1.29, 1.82) is 0 Å². The molecule has 4 aromatic rings. The molecule has 156 valence electrons. The summed E-state index contributed by atoms with van der Waals surface area (Å²) < 4.78 is 6.93. The van der Waals surface area contributed by atoms with Gasteiger partial charge in [-0.2, -0.15) is 5.10 Å². The first-order valence-electron chi connectivity index (χ1n) is 10.0. The van der Waals surface area contributed by atoms with Crippen LogP contribution < -0.4 is 10.1 Å². The van der Waals surface area contributed by atoms with Gasteiger partial charge in [0.05, 0.1) is 18.5 Å². The molecule has 0 aliphatic carbocycles. The highest BCUT2D eigenvalue weighted by molar-refractivity contribution is 5.94. The number of rotatable bonds is 6. The summed E-state index contributed by atoms with van der Waals surface area (Å²) in [6, 6.07) is 19.2. The van der Waals surface area contributed by atoms with Crippen LogP contribution in [0.25, 0.3) is 16.9 Å². The van der Waals surface area contributed by atoms with Crippen LogP contribution >= 0.6 is 0 Å². The molecule has 4 rings (SSSR count). The van der Waals surface area contributed by atoms with E-state index in [1.165, 1.54) is 11.1 Å². The Hall–Kier alpha value is -3.93. The lowest BCUT2D eigenvalue weighted by molar-refractivity contribution is 0.0943. The lowest BCUT2D eigenvalue weighted by Crippen LogP contribution is -2.25. The van der Waals surface area contributed by atoms with Gasteiger partial charge in [-0.1, -0.05) is 12.1 Å². The molecule has 0 radical (unpaired) electrons. The van der Waals surface area contributed by atoms with Crippen LogP contribution in [0.3, 0.4) is 0 Å². The molecular weight excluding hydrogens is 388 g/mol. The highest BCUT2D eigenvalue weighted by Crippen LogP contribution is 2.25. The molecular formula is C25H24N4O2. The minimum absolute atomic E-state index is 0.199. The maximum absolute atomic E-state index is 13.1. The number of amides is 1. The maximum atomic E-state index is 13.1. The highest BCUT2D eigenvalue weighted by atomic mass is 16.5. The fraction of sp³-hybridized carbons (Fsp3) is 0.160. The second-order valence-electron chi connectivity index (χ2n) is 7.36. The molecule has 2 heterocycles. The summed E-state index contributed by atoms with van der Waals surface area (Å²) in [6.45, 7) is 4.56. The number of ether oxygens (including phenoxy) is 1. The van der Waals surface area contributed by atoms with Crippen LogP contribution in [0.2, 0.25) is 0 Å². The van der Waals surface area contributed by atoms with Crippen LogP contribution in [0.15, 0.2) is 73.1 Å². The third-order valence-corrected chi connectivity index (χ3v) is 5.26. The second kappa shape index (κ2) is 8.83. The normalized spacial score (nSPS) is 10.7. The molecule has 2 aromatic heterocycles. The second-order valence-corrected chi connectivity index (χ2v) is 7.36. The Morgan fingerprint density at radius 1 is 0.968 bits per heavy atom. The third kappa shape index (κ3) is 4.48. The monoisotopic (exact) mass is 412 g/mol. The number of nitrogens with zero attached hydrogens (tertiary/aromatic N) is 3. The smallest absolute Gasteiger partial charge is 0.270 e. The minimum Gasteiger partial charge on any atom is -0.497 e. The van der Waals surface area contributed by atoms with Gasteiger partial charge in [0.15, 0.2) is 0 Å². The van der Waals surface area contributed by atoms with Crippen LogP contribution in [0.4, 0.5) is 0 Å². The molecule has 0 fully saturated rings. The fourth-order valence-electron chi connectivity index (χ4n) is 3.28. The SMILES string of the molecule is COc1ccc(-n2nc(-c3ccc(C)c(C)c3)cc2C(=O)NCc2ccncc2)cc1. The van der Waals surface area contributed by atoms with Crippen LogP contribution in [-0.2, 0) is 6.54 Å². The number of aromatic nitrogens is 3. The van der Waals surface area contributed by atoms with Gasteiger partial charge in [-0.25, -0.2) is 4.68 Å². The summed E-state index contributed by atoms with van der Waals surface area (Å²) in [6.07, 6.45) is 3.42. The van der Waals surface area contributed by atoms with Crippen molar-refractivity contribution in [3.63, 3.8) is 0 Å². The number of carbonyl (C=O) groups is 1. The molecule has 0 unspecified atom stereocenters. The summed E-state index contributed by atoms with van der Waals surface area (Å²) in [5.41, 5.74) is 6.34. The van der Waals surface area contributed by atoms with Crippen molar-refractivity contribution in [1.82, 2.24) is 20.1 Å². The predicted molar refractivity (Wildman–Crippen MR) is 120 cm³/mol. The molecule has 0 aliphatic heterocycles.